The van der Waals surface area contributed by atoms with Gasteiger partial charge in [-0.15, -0.1) is 0 Å². The SMILES string of the molecule is C=C(C)C[n+]1ccsc1.[Br-]. The van der Waals surface area contributed by atoms with E-state index in [0.717, 1.165) is 6.54 Å². The van der Waals surface area contributed by atoms with Gasteiger partial charge in [0.05, 0.1) is 5.38 Å². The molecule has 0 atom stereocenters. The second-order valence-electron chi connectivity index (χ2n) is 2.16. The monoisotopic (exact) mass is 219 g/mol. The van der Waals surface area contributed by atoms with E-state index >= 15 is 0 Å². The molecule has 0 fully saturated rings. The van der Waals surface area contributed by atoms with Gasteiger partial charge in [-0.1, -0.05) is 17.9 Å². The third kappa shape index (κ3) is 3.13. The fourth-order valence-electron chi connectivity index (χ4n) is 0.663. The van der Waals surface area contributed by atoms with Gasteiger partial charge in [0, 0.05) is 0 Å². The van der Waals surface area contributed by atoms with Gasteiger partial charge < -0.3 is 17.0 Å². The summed E-state index contributed by atoms with van der Waals surface area (Å²) in [4.78, 5) is 0. The highest BCUT2D eigenvalue weighted by Crippen LogP contribution is 1.90. The molecule has 56 valence electrons. The normalized spacial score (nSPS) is 8.50. The molecule has 0 aliphatic carbocycles. The summed E-state index contributed by atoms with van der Waals surface area (Å²) in [7, 11) is 0. The van der Waals surface area contributed by atoms with Crippen molar-refractivity contribution in [1.82, 2.24) is 0 Å². The number of halogens is 1. The molecule has 3 heteroatoms. The van der Waals surface area contributed by atoms with Crippen LogP contribution in [0.25, 0.3) is 0 Å². The summed E-state index contributed by atoms with van der Waals surface area (Å²) < 4.78 is 2.12. The van der Waals surface area contributed by atoms with E-state index in [1.54, 1.807) is 11.3 Å². The van der Waals surface area contributed by atoms with E-state index in [-0.39, 0.29) is 17.0 Å². The lowest BCUT2D eigenvalue weighted by atomic mass is 10.3. The number of rotatable bonds is 2. The van der Waals surface area contributed by atoms with E-state index in [4.69, 9.17) is 0 Å². The van der Waals surface area contributed by atoms with Crippen LogP contribution in [0.3, 0.4) is 0 Å². The van der Waals surface area contributed by atoms with Gasteiger partial charge in [-0.3, -0.25) is 0 Å². The van der Waals surface area contributed by atoms with Crippen LogP contribution in [0.15, 0.2) is 29.2 Å². The number of thiazole rings is 1. The molecule has 1 rings (SSSR count). The molecule has 1 nitrogen and oxygen atoms in total. The molecule has 1 aromatic heterocycles. The zero-order valence-corrected chi connectivity index (χ0v) is 8.28. The number of hydrogen-bond donors (Lipinski definition) is 0. The number of hydrogen-bond acceptors (Lipinski definition) is 1. The van der Waals surface area contributed by atoms with E-state index < -0.39 is 0 Å². The van der Waals surface area contributed by atoms with Crippen molar-refractivity contribution in [3.05, 3.63) is 29.2 Å². The molecule has 1 heterocycles. The van der Waals surface area contributed by atoms with Gasteiger partial charge in [-0.2, -0.15) is 4.57 Å². The molecule has 0 spiro atoms. The van der Waals surface area contributed by atoms with Crippen LogP contribution < -0.4 is 21.5 Å². The summed E-state index contributed by atoms with van der Waals surface area (Å²) in [6.07, 6.45) is 2.05. The van der Waals surface area contributed by atoms with E-state index in [2.05, 4.69) is 28.2 Å². The van der Waals surface area contributed by atoms with E-state index in [9.17, 15) is 0 Å². The highest BCUT2D eigenvalue weighted by atomic mass is 79.9. The van der Waals surface area contributed by atoms with Crippen molar-refractivity contribution in [3.63, 3.8) is 0 Å². The average Bonchev–Trinajstić information content (AvgIpc) is 2.15. The summed E-state index contributed by atoms with van der Waals surface area (Å²) in [6.45, 7) is 6.79. The molecule has 0 N–H and O–H groups in total. The van der Waals surface area contributed by atoms with Gasteiger partial charge in [-0.25, -0.2) is 0 Å². The fraction of sp³-hybridized carbons (Fsp3) is 0.286. The van der Waals surface area contributed by atoms with Crippen LogP contribution in [0.2, 0.25) is 0 Å². The molecule has 0 saturated carbocycles. The number of aromatic nitrogens is 1. The van der Waals surface area contributed by atoms with Crippen molar-refractivity contribution in [1.29, 1.82) is 0 Å². The minimum Gasteiger partial charge on any atom is -1.00 e. The van der Waals surface area contributed by atoms with Crippen LogP contribution in [-0.2, 0) is 6.54 Å². The van der Waals surface area contributed by atoms with Crippen LogP contribution in [0.1, 0.15) is 6.92 Å². The molecule has 0 radical (unpaired) electrons. The predicted octanol–water partition coefficient (Wildman–Crippen LogP) is -1.38. The summed E-state index contributed by atoms with van der Waals surface area (Å²) in [5.41, 5.74) is 3.27. The first-order valence-corrected chi connectivity index (χ1v) is 3.79. The van der Waals surface area contributed by atoms with Crippen LogP contribution in [0, 0.1) is 0 Å². The molecule has 0 amide bonds. The largest absolute Gasteiger partial charge is 1.00 e. The fourth-order valence-corrected chi connectivity index (χ4v) is 1.26. The Morgan fingerprint density at radius 2 is 2.40 bits per heavy atom. The Bertz CT molecular complexity index is 193. The zero-order valence-electron chi connectivity index (χ0n) is 5.88. The minimum atomic E-state index is 0. The summed E-state index contributed by atoms with van der Waals surface area (Å²) >= 11 is 1.70. The molecule has 1 aromatic rings. The van der Waals surface area contributed by atoms with Gasteiger partial charge in [-0.05, 0) is 12.5 Å². The van der Waals surface area contributed by atoms with Crippen LogP contribution >= 0.6 is 11.3 Å². The molecule has 0 aromatic carbocycles. The molecule has 0 aliphatic rings. The predicted molar refractivity (Wildman–Crippen MR) is 39.3 cm³/mol. The van der Waals surface area contributed by atoms with Crippen molar-refractivity contribution in [2.45, 2.75) is 13.5 Å². The van der Waals surface area contributed by atoms with Crippen molar-refractivity contribution < 1.29 is 21.5 Å². The van der Waals surface area contributed by atoms with Gasteiger partial charge in [0.15, 0.2) is 12.7 Å². The summed E-state index contributed by atoms with van der Waals surface area (Å²) in [5, 5.41) is 2.06. The third-order valence-electron chi connectivity index (χ3n) is 0.980. The lowest BCUT2D eigenvalue weighted by molar-refractivity contribution is -0.684. The maximum Gasteiger partial charge on any atom is 0.224 e. The second kappa shape index (κ2) is 4.63. The maximum atomic E-state index is 3.81. The number of allylic oxidation sites excluding steroid dienone is 1. The first-order chi connectivity index (χ1) is 4.29. The Morgan fingerprint density at radius 1 is 1.70 bits per heavy atom. The lowest BCUT2D eigenvalue weighted by Crippen LogP contribution is -3.00. The quantitative estimate of drug-likeness (QED) is 0.427. The lowest BCUT2D eigenvalue weighted by Gasteiger charge is -1.87. The highest BCUT2D eigenvalue weighted by molar-refractivity contribution is 7.07. The van der Waals surface area contributed by atoms with Gasteiger partial charge in [0.1, 0.15) is 0 Å². The Morgan fingerprint density at radius 3 is 2.80 bits per heavy atom. The standard InChI is InChI=1S/C7H10NS.BrH/c1-7(2)5-8-3-4-9-6-8;/h3-4,6H,1,5H2,2H3;1H/q+1;/p-1. The van der Waals surface area contributed by atoms with Crippen molar-refractivity contribution in [2.75, 3.05) is 0 Å². The van der Waals surface area contributed by atoms with Crippen LogP contribution in [-0.4, -0.2) is 0 Å². The van der Waals surface area contributed by atoms with E-state index in [0.29, 0.717) is 0 Å². The smallest absolute Gasteiger partial charge is 0.224 e. The molecule has 0 aliphatic heterocycles. The van der Waals surface area contributed by atoms with Crippen molar-refractivity contribution in [2.24, 2.45) is 0 Å². The number of nitrogens with zero attached hydrogens (tertiary/aromatic N) is 1. The topological polar surface area (TPSA) is 3.88 Å². The summed E-state index contributed by atoms with van der Waals surface area (Å²) in [6, 6.07) is 0. The molecule has 0 bridgehead atoms. The van der Waals surface area contributed by atoms with Crippen molar-refractivity contribution in [3.8, 4) is 0 Å². The van der Waals surface area contributed by atoms with Gasteiger partial charge in [0.25, 0.3) is 0 Å². The second-order valence-corrected chi connectivity index (χ2v) is 2.91. The molecular weight excluding hydrogens is 210 g/mol. The average molecular weight is 220 g/mol. The van der Waals surface area contributed by atoms with Gasteiger partial charge in [0.2, 0.25) is 5.51 Å². The Hall–Kier alpha value is -0.150. The highest BCUT2D eigenvalue weighted by Gasteiger charge is 1.97. The first-order valence-electron chi connectivity index (χ1n) is 2.84. The Kier molecular flexibility index (Phi) is 4.56. The van der Waals surface area contributed by atoms with Gasteiger partial charge >= 0.3 is 0 Å². The Balaban J connectivity index is 0.000000810. The summed E-state index contributed by atoms with van der Waals surface area (Å²) in [5.74, 6) is 0. The molecule has 10 heavy (non-hydrogen) atoms. The third-order valence-corrected chi connectivity index (χ3v) is 1.65. The van der Waals surface area contributed by atoms with Crippen LogP contribution in [0.4, 0.5) is 0 Å². The maximum absolute atomic E-state index is 3.81. The first kappa shape index (κ1) is 9.85. The van der Waals surface area contributed by atoms with E-state index in [1.165, 1.54) is 5.57 Å². The molecule has 0 unspecified atom stereocenters. The molecule has 0 saturated heterocycles. The van der Waals surface area contributed by atoms with Crippen molar-refractivity contribution >= 4 is 11.3 Å². The minimum absolute atomic E-state index is 0. The van der Waals surface area contributed by atoms with E-state index in [1.807, 2.05) is 6.92 Å². The molecular formula is C7H10BrNS. The Labute approximate surface area is 75.8 Å². The zero-order chi connectivity index (χ0) is 6.69. The van der Waals surface area contributed by atoms with Crippen LogP contribution in [0.5, 0.6) is 0 Å².